The SMILES string of the molecule is CN(Cc1c(Cl)nc2sccn12)C(=O)C1(C)CCCC1. The van der Waals surface area contributed by atoms with Gasteiger partial charge in [-0.2, -0.15) is 0 Å². The molecule has 0 saturated heterocycles. The predicted molar refractivity (Wildman–Crippen MR) is 81.1 cm³/mol. The second-order valence-electron chi connectivity index (χ2n) is 5.83. The zero-order valence-corrected chi connectivity index (χ0v) is 13.3. The Kier molecular flexibility index (Phi) is 3.50. The van der Waals surface area contributed by atoms with Crippen molar-refractivity contribution in [3.8, 4) is 0 Å². The van der Waals surface area contributed by atoms with Crippen molar-refractivity contribution in [2.75, 3.05) is 7.05 Å². The number of nitrogens with zero attached hydrogens (tertiary/aromatic N) is 3. The molecule has 2 heterocycles. The topological polar surface area (TPSA) is 37.6 Å². The van der Waals surface area contributed by atoms with Crippen LogP contribution in [-0.2, 0) is 11.3 Å². The summed E-state index contributed by atoms with van der Waals surface area (Å²) in [6.07, 6.45) is 6.23. The molecule has 6 heteroatoms. The number of carbonyl (C=O) groups is 1. The molecule has 4 nitrogen and oxygen atoms in total. The molecule has 0 N–H and O–H groups in total. The van der Waals surface area contributed by atoms with E-state index in [1.165, 1.54) is 0 Å². The lowest BCUT2D eigenvalue weighted by atomic mass is 9.87. The molecule has 1 saturated carbocycles. The van der Waals surface area contributed by atoms with Crippen LogP contribution in [0.15, 0.2) is 11.6 Å². The number of amides is 1. The molecule has 2 aromatic rings. The molecule has 20 heavy (non-hydrogen) atoms. The first-order chi connectivity index (χ1) is 9.51. The van der Waals surface area contributed by atoms with Crippen LogP contribution in [0.4, 0.5) is 0 Å². The summed E-state index contributed by atoms with van der Waals surface area (Å²) in [5, 5.41) is 2.47. The first-order valence-electron chi connectivity index (χ1n) is 6.87. The molecule has 108 valence electrons. The van der Waals surface area contributed by atoms with Crippen molar-refractivity contribution in [1.82, 2.24) is 14.3 Å². The fourth-order valence-corrected chi connectivity index (χ4v) is 4.09. The lowest BCUT2D eigenvalue weighted by Crippen LogP contribution is -2.38. The van der Waals surface area contributed by atoms with Crippen LogP contribution in [0.5, 0.6) is 0 Å². The van der Waals surface area contributed by atoms with Crippen LogP contribution >= 0.6 is 22.9 Å². The predicted octanol–water partition coefficient (Wildman–Crippen LogP) is 3.59. The van der Waals surface area contributed by atoms with Crippen LogP contribution in [0, 0.1) is 5.41 Å². The Balaban J connectivity index is 1.81. The number of halogens is 1. The van der Waals surface area contributed by atoms with Crippen molar-refractivity contribution in [1.29, 1.82) is 0 Å². The molecule has 0 aromatic carbocycles. The number of imidazole rings is 1. The first kappa shape index (κ1) is 13.9. The van der Waals surface area contributed by atoms with Crippen molar-refractivity contribution < 1.29 is 4.79 Å². The van der Waals surface area contributed by atoms with Gasteiger partial charge in [-0.15, -0.1) is 11.3 Å². The summed E-state index contributed by atoms with van der Waals surface area (Å²) < 4.78 is 1.97. The Bertz CT molecular complexity index is 642. The number of rotatable bonds is 3. The van der Waals surface area contributed by atoms with E-state index >= 15 is 0 Å². The summed E-state index contributed by atoms with van der Waals surface area (Å²) in [5.41, 5.74) is 0.694. The highest BCUT2D eigenvalue weighted by Gasteiger charge is 2.38. The van der Waals surface area contributed by atoms with Crippen molar-refractivity contribution in [3.05, 3.63) is 22.4 Å². The van der Waals surface area contributed by atoms with E-state index < -0.39 is 0 Å². The highest BCUT2D eigenvalue weighted by molar-refractivity contribution is 7.15. The molecule has 0 aliphatic heterocycles. The van der Waals surface area contributed by atoms with Crippen LogP contribution in [0.3, 0.4) is 0 Å². The molecule has 3 rings (SSSR count). The Hall–Kier alpha value is -1.07. The average molecular weight is 312 g/mol. The lowest BCUT2D eigenvalue weighted by molar-refractivity contribution is -0.140. The average Bonchev–Trinajstić information content (AvgIpc) is 3.09. The molecular weight excluding hydrogens is 294 g/mol. The number of hydrogen-bond donors (Lipinski definition) is 0. The van der Waals surface area contributed by atoms with Gasteiger partial charge in [-0.25, -0.2) is 4.98 Å². The second kappa shape index (κ2) is 5.04. The summed E-state index contributed by atoms with van der Waals surface area (Å²) in [7, 11) is 1.86. The zero-order valence-electron chi connectivity index (χ0n) is 11.7. The molecule has 1 aliphatic carbocycles. The van der Waals surface area contributed by atoms with E-state index in [4.69, 9.17) is 11.6 Å². The zero-order chi connectivity index (χ0) is 14.3. The molecule has 1 fully saturated rings. The molecule has 0 unspecified atom stereocenters. The standard InChI is InChI=1S/C14H18ClN3OS/c1-14(5-3-4-6-14)12(19)17(2)9-10-11(15)16-13-18(10)7-8-20-13/h7-8H,3-6,9H2,1-2H3. The van der Waals surface area contributed by atoms with Gasteiger partial charge in [-0.05, 0) is 12.8 Å². The van der Waals surface area contributed by atoms with E-state index in [0.717, 1.165) is 36.3 Å². The monoisotopic (exact) mass is 311 g/mol. The molecule has 2 aromatic heterocycles. The van der Waals surface area contributed by atoms with Crippen LogP contribution in [0.25, 0.3) is 4.96 Å². The van der Waals surface area contributed by atoms with E-state index in [0.29, 0.717) is 11.7 Å². The summed E-state index contributed by atoms with van der Waals surface area (Å²) in [6, 6.07) is 0. The number of hydrogen-bond acceptors (Lipinski definition) is 3. The van der Waals surface area contributed by atoms with E-state index in [1.54, 1.807) is 16.2 Å². The maximum absolute atomic E-state index is 12.6. The Morgan fingerprint density at radius 1 is 1.55 bits per heavy atom. The highest BCUT2D eigenvalue weighted by atomic mass is 35.5. The molecule has 0 bridgehead atoms. The van der Waals surface area contributed by atoms with Crippen molar-refractivity contribution in [2.24, 2.45) is 5.41 Å². The minimum Gasteiger partial charge on any atom is -0.339 e. The van der Waals surface area contributed by atoms with Gasteiger partial charge in [0.2, 0.25) is 5.91 Å². The molecular formula is C14H18ClN3OS. The van der Waals surface area contributed by atoms with Gasteiger partial charge in [0.1, 0.15) is 0 Å². The Morgan fingerprint density at radius 2 is 2.25 bits per heavy atom. The number of carbonyl (C=O) groups excluding carboxylic acids is 1. The molecule has 1 amide bonds. The smallest absolute Gasteiger partial charge is 0.228 e. The summed E-state index contributed by atoms with van der Waals surface area (Å²) in [4.78, 5) is 19.6. The van der Waals surface area contributed by atoms with Gasteiger partial charge < -0.3 is 4.90 Å². The minimum atomic E-state index is -0.195. The maximum Gasteiger partial charge on any atom is 0.228 e. The van der Waals surface area contributed by atoms with Crippen LogP contribution in [0.2, 0.25) is 5.15 Å². The number of aromatic nitrogens is 2. The molecule has 0 radical (unpaired) electrons. The molecule has 0 atom stereocenters. The van der Waals surface area contributed by atoms with Gasteiger partial charge in [0.15, 0.2) is 10.1 Å². The van der Waals surface area contributed by atoms with Crippen molar-refractivity contribution >= 4 is 33.8 Å². The van der Waals surface area contributed by atoms with E-state index in [-0.39, 0.29) is 11.3 Å². The summed E-state index contributed by atoms with van der Waals surface area (Å²) in [6.45, 7) is 2.59. The third-order valence-electron chi connectivity index (χ3n) is 4.27. The fourth-order valence-electron chi connectivity index (χ4n) is 3.07. The quantitative estimate of drug-likeness (QED) is 0.868. The third kappa shape index (κ3) is 2.23. The number of fused-ring (bicyclic) bond motifs is 1. The van der Waals surface area contributed by atoms with Gasteiger partial charge in [0.05, 0.1) is 12.2 Å². The van der Waals surface area contributed by atoms with E-state index in [1.807, 2.05) is 23.0 Å². The first-order valence-corrected chi connectivity index (χ1v) is 8.12. The molecule has 0 spiro atoms. The highest BCUT2D eigenvalue weighted by Crippen LogP contribution is 2.39. The summed E-state index contributed by atoms with van der Waals surface area (Å²) in [5.74, 6) is 0.219. The second-order valence-corrected chi connectivity index (χ2v) is 7.06. The van der Waals surface area contributed by atoms with Gasteiger partial charge in [0.25, 0.3) is 0 Å². The van der Waals surface area contributed by atoms with Gasteiger partial charge >= 0.3 is 0 Å². The Morgan fingerprint density at radius 3 is 2.95 bits per heavy atom. The number of thiazole rings is 1. The Labute approximate surface area is 127 Å². The largest absolute Gasteiger partial charge is 0.339 e. The van der Waals surface area contributed by atoms with Gasteiger partial charge in [-0.1, -0.05) is 31.4 Å². The van der Waals surface area contributed by atoms with Gasteiger partial charge in [-0.3, -0.25) is 9.20 Å². The summed E-state index contributed by atoms with van der Waals surface area (Å²) >= 11 is 7.74. The van der Waals surface area contributed by atoms with Crippen LogP contribution in [0.1, 0.15) is 38.3 Å². The fraction of sp³-hybridized carbons (Fsp3) is 0.571. The third-order valence-corrected chi connectivity index (χ3v) is 5.33. The lowest BCUT2D eigenvalue weighted by Gasteiger charge is -2.28. The molecule has 1 aliphatic rings. The van der Waals surface area contributed by atoms with Crippen molar-refractivity contribution in [3.63, 3.8) is 0 Å². The normalized spacial score (nSPS) is 17.8. The van der Waals surface area contributed by atoms with E-state index in [9.17, 15) is 4.79 Å². The maximum atomic E-state index is 12.6. The van der Waals surface area contributed by atoms with E-state index in [2.05, 4.69) is 11.9 Å². The minimum absolute atomic E-state index is 0.195. The van der Waals surface area contributed by atoms with Crippen molar-refractivity contribution in [2.45, 2.75) is 39.2 Å². The van der Waals surface area contributed by atoms with Crippen LogP contribution < -0.4 is 0 Å². The van der Waals surface area contributed by atoms with Gasteiger partial charge in [0, 0.05) is 24.0 Å². The van der Waals surface area contributed by atoms with Crippen LogP contribution in [-0.4, -0.2) is 27.2 Å².